The second-order valence-electron chi connectivity index (χ2n) is 8.75. The number of carbonyl (C=O) groups excluding carboxylic acids is 2. The van der Waals surface area contributed by atoms with Crippen LogP contribution in [0.25, 0.3) is 0 Å². The van der Waals surface area contributed by atoms with Crippen molar-refractivity contribution in [3.8, 4) is 5.75 Å². The molecule has 1 aliphatic heterocycles. The summed E-state index contributed by atoms with van der Waals surface area (Å²) in [6, 6.07) is 18.5. The Hall–Kier alpha value is -3.36. The average Bonchev–Trinajstić information content (AvgIpc) is 3.29. The maximum atomic E-state index is 13.3. The molecule has 1 aliphatic rings. The van der Waals surface area contributed by atoms with Crippen LogP contribution in [0.1, 0.15) is 22.5 Å². The third-order valence-corrected chi connectivity index (χ3v) is 6.30. The summed E-state index contributed by atoms with van der Waals surface area (Å²) in [5.41, 5.74) is 0.507. The van der Waals surface area contributed by atoms with Gasteiger partial charge in [0.15, 0.2) is 0 Å². The number of morpholine rings is 1. The van der Waals surface area contributed by atoms with E-state index in [1.54, 1.807) is 65.1 Å². The molecule has 0 unspecified atom stereocenters. The fourth-order valence-corrected chi connectivity index (χ4v) is 4.24. The van der Waals surface area contributed by atoms with Gasteiger partial charge in [0.2, 0.25) is 5.91 Å². The Balaban J connectivity index is 1.52. The van der Waals surface area contributed by atoms with Gasteiger partial charge in [-0.3, -0.25) is 14.3 Å². The number of halogens is 1. The van der Waals surface area contributed by atoms with Gasteiger partial charge in [-0.2, -0.15) is 5.10 Å². The summed E-state index contributed by atoms with van der Waals surface area (Å²) in [6.45, 7) is 1.51. The van der Waals surface area contributed by atoms with Crippen molar-refractivity contribution in [2.45, 2.75) is 18.6 Å². The predicted molar refractivity (Wildman–Crippen MR) is 132 cm³/mol. The molecule has 2 heterocycles. The molecule has 0 radical (unpaired) electrons. The van der Waals surface area contributed by atoms with Crippen LogP contribution in [0.15, 0.2) is 66.9 Å². The van der Waals surface area contributed by atoms with Crippen LogP contribution >= 0.6 is 11.6 Å². The van der Waals surface area contributed by atoms with E-state index in [0.29, 0.717) is 36.2 Å². The van der Waals surface area contributed by atoms with E-state index >= 15 is 0 Å². The summed E-state index contributed by atoms with van der Waals surface area (Å²) in [4.78, 5) is 29.9. The summed E-state index contributed by atoms with van der Waals surface area (Å²) in [5.74, 6) is 0.357. The number of nitrogens with zero attached hydrogens (tertiary/aromatic N) is 4. The van der Waals surface area contributed by atoms with Crippen LogP contribution in [0.2, 0.25) is 5.02 Å². The molecule has 0 bridgehead atoms. The summed E-state index contributed by atoms with van der Waals surface area (Å²) >= 11 is 5.99. The van der Waals surface area contributed by atoms with Crippen molar-refractivity contribution in [1.82, 2.24) is 19.6 Å². The Morgan fingerprint density at radius 2 is 1.89 bits per heavy atom. The first-order valence-electron chi connectivity index (χ1n) is 11.4. The summed E-state index contributed by atoms with van der Waals surface area (Å²) in [7, 11) is 3.50. The lowest BCUT2D eigenvalue weighted by Crippen LogP contribution is -2.58. The number of hydrogen-bond donors (Lipinski definition) is 0. The van der Waals surface area contributed by atoms with E-state index in [0.717, 1.165) is 5.56 Å². The van der Waals surface area contributed by atoms with E-state index in [1.165, 1.54) is 0 Å². The molecule has 2 amide bonds. The van der Waals surface area contributed by atoms with Crippen LogP contribution in [0, 0.1) is 0 Å². The van der Waals surface area contributed by atoms with Crippen LogP contribution in [0.5, 0.6) is 5.75 Å². The first-order chi connectivity index (χ1) is 16.8. The quantitative estimate of drug-likeness (QED) is 0.477. The molecule has 4 rings (SSSR count). The van der Waals surface area contributed by atoms with Crippen molar-refractivity contribution in [2.75, 3.05) is 33.4 Å². The van der Waals surface area contributed by atoms with Gasteiger partial charge in [-0.05, 0) is 35.9 Å². The maximum absolute atomic E-state index is 13.3. The Morgan fingerprint density at radius 3 is 2.57 bits per heavy atom. The number of aryl methyl sites for hydroxylation is 1. The molecule has 9 heteroatoms. The molecule has 1 saturated heterocycles. The van der Waals surface area contributed by atoms with E-state index in [4.69, 9.17) is 21.1 Å². The topological polar surface area (TPSA) is 76.9 Å². The van der Waals surface area contributed by atoms with Gasteiger partial charge < -0.3 is 19.3 Å². The third-order valence-electron chi connectivity index (χ3n) is 6.05. The van der Waals surface area contributed by atoms with Gasteiger partial charge in [-0.15, -0.1) is 0 Å². The molecule has 184 valence electrons. The van der Waals surface area contributed by atoms with Crippen molar-refractivity contribution in [1.29, 1.82) is 0 Å². The van der Waals surface area contributed by atoms with Crippen molar-refractivity contribution >= 4 is 23.4 Å². The largest absolute Gasteiger partial charge is 0.490 e. The first-order valence-corrected chi connectivity index (χ1v) is 11.8. The smallest absolute Gasteiger partial charge is 0.272 e. The van der Waals surface area contributed by atoms with Crippen LogP contribution in [0.4, 0.5) is 0 Å². The molecule has 3 aromatic rings. The van der Waals surface area contributed by atoms with Gasteiger partial charge in [-0.25, -0.2) is 0 Å². The number of carbonyl (C=O) groups is 2. The zero-order valence-electron chi connectivity index (χ0n) is 19.9. The molecule has 0 N–H and O–H groups in total. The Bertz CT molecular complexity index is 1150. The molecule has 35 heavy (non-hydrogen) atoms. The molecule has 8 nitrogen and oxygen atoms in total. The first kappa shape index (κ1) is 24.8. The van der Waals surface area contributed by atoms with Crippen molar-refractivity contribution in [2.24, 2.45) is 7.05 Å². The number of aromatic nitrogens is 2. The minimum atomic E-state index is -1.01. The summed E-state index contributed by atoms with van der Waals surface area (Å²) < 4.78 is 13.8. The Morgan fingerprint density at radius 1 is 1.14 bits per heavy atom. The summed E-state index contributed by atoms with van der Waals surface area (Å²) in [5, 5.41) is 4.71. The number of hydrogen-bond acceptors (Lipinski definition) is 5. The highest BCUT2D eigenvalue weighted by Crippen LogP contribution is 2.27. The summed E-state index contributed by atoms with van der Waals surface area (Å²) in [6.07, 6.45) is 1.66. The normalized spacial score (nSPS) is 17.7. The lowest BCUT2D eigenvalue weighted by molar-refractivity contribution is -0.152. The lowest BCUT2D eigenvalue weighted by Gasteiger charge is -2.42. The minimum Gasteiger partial charge on any atom is -0.490 e. The lowest BCUT2D eigenvalue weighted by atomic mass is 9.96. The predicted octanol–water partition coefficient (Wildman–Crippen LogP) is 3.41. The Labute approximate surface area is 210 Å². The van der Waals surface area contributed by atoms with E-state index < -0.39 is 5.60 Å². The van der Waals surface area contributed by atoms with E-state index in [-0.39, 0.29) is 31.4 Å². The highest BCUT2D eigenvalue weighted by atomic mass is 35.5. The molecule has 1 atom stereocenters. The number of rotatable bonds is 8. The second kappa shape index (κ2) is 10.9. The van der Waals surface area contributed by atoms with Gasteiger partial charge in [-0.1, -0.05) is 41.9 Å². The van der Waals surface area contributed by atoms with Gasteiger partial charge in [0.1, 0.15) is 23.7 Å². The van der Waals surface area contributed by atoms with Crippen LogP contribution in [0.3, 0.4) is 0 Å². The van der Waals surface area contributed by atoms with Crippen molar-refractivity contribution in [3.63, 3.8) is 0 Å². The molecule has 2 aromatic carbocycles. The van der Waals surface area contributed by atoms with Gasteiger partial charge in [0, 0.05) is 38.4 Å². The fourth-order valence-electron chi connectivity index (χ4n) is 4.11. The van der Waals surface area contributed by atoms with E-state index in [2.05, 4.69) is 5.10 Å². The van der Waals surface area contributed by atoms with Crippen LogP contribution in [-0.4, -0.2) is 70.3 Å². The van der Waals surface area contributed by atoms with Crippen LogP contribution in [-0.2, 0) is 23.1 Å². The second-order valence-corrected chi connectivity index (χ2v) is 9.19. The molecule has 0 aliphatic carbocycles. The van der Waals surface area contributed by atoms with Crippen LogP contribution < -0.4 is 4.74 Å². The third kappa shape index (κ3) is 6.21. The zero-order chi connectivity index (χ0) is 24.8. The van der Waals surface area contributed by atoms with Gasteiger partial charge in [0.05, 0.1) is 19.6 Å². The standard InChI is InChI=1S/C26H29ClN4O4/c1-29(17-20-6-4-3-5-7-20)24(32)16-26(19-34-22-10-8-21(27)9-11-22)18-31(14-15-35-26)25(33)23-12-13-28-30(23)2/h3-13H,14-19H2,1-2H3/t26-/m0/s1. The average molecular weight is 497 g/mol. The molecule has 0 saturated carbocycles. The number of benzene rings is 2. The monoisotopic (exact) mass is 496 g/mol. The number of amides is 2. The highest BCUT2D eigenvalue weighted by molar-refractivity contribution is 6.30. The molecular formula is C26H29ClN4O4. The van der Waals surface area contributed by atoms with E-state index in [9.17, 15) is 9.59 Å². The maximum Gasteiger partial charge on any atom is 0.272 e. The van der Waals surface area contributed by atoms with Gasteiger partial charge >= 0.3 is 0 Å². The SMILES string of the molecule is CN(Cc1ccccc1)C(=O)C[C@@]1(COc2ccc(Cl)cc2)CN(C(=O)c2ccnn2C)CCO1. The van der Waals surface area contributed by atoms with Crippen molar-refractivity contribution in [3.05, 3.63) is 83.1 Å². The molecule has 0 spiro atoms. The zero-order valence-corrected chi connectivity index (χ0v) is 20.6. The molecule has 1 fully saturated rings. The van der Waals surface area contributed by atoms with Gasteiger partial charge in [0.25, 0.3) is 5.91 Å². The fraction of sp³-hybridized carbons (Fsp3) is 0.346. The highest BCUT2D eigenvalue weighted by Gasteiger charge is 2.42. The Kier molecular flexibility index (Phi) is 7.73. The van der Waals surface area contributed by atoms with Crippen molar-refractivity contribution < 1.29 is 19.1 Å². The van der Waals surface area contributed by atoms with E-state index in [1.807, 2.05) is 30.3 Å². The molecule has 1 aromatic heterocycles. The molecular weight excluding hydrogens is 468 g/mol. The number of ether oxygens (including phenoxy) is 2. The minimum absolute atomic E-state index is 0.0685.